The molecule has 26 heavy (non-hydrogen) atoms. The highest BCUT2D eigenvalue weighted by Gasteiger charge is 2.23. The normalized spacial score (nSPS) is 13.7. The van der Waals surface area contributed by atoms with Crippen LogP contribution in [0.5, 0.6) is 0 Å². The Hall–Kier alpha value is -2.72. The van der Waals surface area contributed by atoms with Gasteiger partial charge in [0.15, 0.2) is 0 Å². The first-order valence-electron chi connectivity index (χ1n) is 9.01. The highest BCUT2D eigenvalue weighted by atomic mass is 32.1. The zero-order valence-electron chi connectivity index (χ0n) is 14.3. The second-order valence-corrected chi connectivity index (χ2v) is 7.75. The molecule has 0 amide bonds. The van der Waals surface area contributed by atoms with Crippen molar-refractivity contribution >= 4 is 21.6 Å². The Morgan fingerprint density at radius 3 is 2.35 bits per heavy atom. The summed E-state index contributed by atoms with van der Waals surface area (Å²) in [5.41, 5.74) is 3.11. The van der Waals surface area contributed by atoms with Gasteiger partial charge in [-0.25, -0.2) is 4.98 Å². The summed E-state index contributed by atoms with van der Waals surface area (Å²) in [5.74, 6) is 0.716. The number of nitrogens with zero attached hydrogens (tertiary/aromatic N) is 2. The smallest absolute Gasteiger partial charge is 0.267 e. The van der Waals surface area contributed by atoms with Crippen LogP contribution in [-0.2, 0) is 12.8 Å². The molecule has 0 fully saturated rings. The molecule has 3 nitrogen and oxygen atoms in total. The summed E-state index contributed by atoms with van der Waals surface area (Å²) in [7, 11) is 0. The molecule has 2 heterocycles. The molecule has 1 aliphatic carbocycles. The summed E-state index contributed by atoms with van der Waals surface area (Å²) >= 11 is 1.70. The quantitative estimate of drug-likeness (QED) is 0.506. The van der Waals surface area contributed by atoms with E-state index in [1.54, 1.807) is 15.9 Å². The van der Waals surface area contributed by atoms with Gasteiger partial charge in [0.2, 0.25) is 0 Å². The fraction of sp³-hybridized carbons (Fsp3) is 0.182. The van der Waals surface area contributed by atoms with Crippen LogP contribution in [0.25, 0.3) is 27.3 Å². The van der Waals surface area contributed by atoms with Gasteiger partial charge in [-0.1, -0.05) is 48.5 Å². The number of thiophene rings is 1. The first kappa shape index (κ1) is 15.5. The minimum absolute atomic E-state index is 0.0550. The molecule has 0 aliphatic heterocycles. The molecule has 2 aromatic carbocycles. The molecule has 0 bridgehead atoms. The van der Waals surface area contributed by atoms with Gasteiger partial charge < -0.3 is 0 Å². The van der Waals surface area contributed by atoms with Crippen LogP contribution in [0.1, 0.15) is 23.3 Å². The lowest BCUT2D eigenvalue weighted by molar-refractivity contribution is 0.699. The summed E-state index contributed by atoms with van der Waals surface area (Å²) < 4.78 is 1.78. The van der Waals surface area contributed by atoms with Crippen LogP contribution >= 0.6 is 11.3 Å². The Bertz CT molecular complexity index is 1140. The molecule has 0 N–H and O–H groups in total. The third-order valence-electron chi connectivity index (χ3n) is 5.04. The van der Waals surface area contributed by atoms with E-state index < -0.39 is 0 Å². The highest BCUT2D eigenvalue weighted by Crippen LogP contribution is 2.35. The first-order chi connectivity index (χ1) is 12.8. The second kappa shape index (κ2) is 6.22. The van der Waals surface area contributed by atoms with Crippen LogP contribution in [0.15, 0.2) is 65.5 Å². The average Bonchev–Trinajstić information content (AvgIpc) is 3.08. The predicted molar refractivity (Wildman–Crippen MR) is 107 cm³/mol. The van der Waals surface area contributed by atoms with Crippen molar-refractivity contribution in [3.05, 3.63) is 81.5 Å². The molecule has 4 heteroatoms. The fourth-order valence-electron chi connectivity index (χ4n) is 3.80. The van der Waals surface area contributed by atoms with Gasteiger partial charge in [0.1, 0.15) is 10.7 Å². The first-order valence-corrected chi connectivity index (χ1v) is 9.83. The van der Waals surface area contributed by atoms with Crippen LogP contribution in [0.3, 0.4) is 0 Å². The molecular formula is C22H18N2OS. The lowest BCUT2D eigenvalue weighted by Crippen LogP contribution is -2.22. The van der Waals surface area contributed by atoms with E-state index in [4.69, 9.17) is 4.98 Å². The number of para-hydroxylation sites is 1. The Kier molecular flexibility index (Phi) is 3.71. The topological polar surface area (TPSA) is 34.9 Å². The molecule has 0 saturated carbocycles. The summed E-state index contributed by atoms with van der Waals surface area (Å²) in [6.45, 7) is 0. The number of hydrogen-bond acceptors (Lipinski definition) is 3. The average molecular weight is 358 g/mol. The molecule has 0 unspecified atom stereocenters. The van der Waals surface area contributed by atoms with Crippen LogP contribution in [0.2, 0.25) is 0 Å². The van der Waals surface area contributed by atoms with E-state index in [9.17, 15) is 4.79 Å². The van der Waals surface area contributed by atoms with E-state index in [0.717, 1.165) is 40.7 Å². The van der Waals surface area contributed by atoms with Crippen LogP contribution in [0.4, 0.5) is 0 Å². The van der Waals surface area contributed by atoms with Crippen molar-refractivity contribution in [2.45, 2.75) is 25.7 Å². The SMILES string of the molecule is O=c1c2c3c(sc2nc(-c2ccccc2)n1-c1ccccc1)CCCC3. The molecule has 0 spiro atoms. The summed E-state index contributed by atoms with van der Waals surface area (Å²) in [5, 5.41) is 0.827. The molecule has 5 rings (SSSR count). The van der Waals surface area contributed by atoms with Crippen molar-refractivity contribution < 1.29 is 0 Å². The van der Waals surface area contributed by atoms with E-state index in [1.807, 2.05) is 60.7 Å². The summed E-state index contributed by atoms with van der Waals surface area (Å²) in [6, 6.07) is 19.8. The molecule has 1 aliphatic rings. The number of aryl methyl sites for hydroxylation is 2. The van der Waals surface area contributed by atoms with E-state index in [1.165, 1.54) is 16.9 Å². The van der Waals surface area contributed by atoms with Gasteiger partial charge in [0, 0.05) is 10.4 Å². The highest BCUT2D eigenvalue weighted by molar-refractivity contribution is 7.18. The van der Waals surface area contributed by atoms with Crippen LogP contribution < -0.4 is 5.56 Å². The van der Waals surface area contributed by atoms with E-state index in [0.29, 0.717) is 5.82 Å². The minimum atomic E-state index is 0.0550. The molecule has 4 aromatic rings. The van der Waals surface area contributed by atoms with Crippen molar-refractivity contribution in [2.75, 3.05) is 0 Å². The number of fused-ring (bicyclic) bond motifs is 3. The lowest BCUT2D eigenvalue weighted by atomic mass is 9.97. The maximum atomic E-state index is 13.6. The van der Waals surface area contributed by atoms with Crippen molar-refractivity contribution in [1.29, 1.82) is 0 Å². The van der Waals surface area contributed by atoms with Crippen molar-refractivity contribution in [1.82, 2.24) is 9.55 Å². The molecule has 0 saturated heterocycles. The van der Waals surface area contributed by atoms with Gasteiger partial charge in [-0.15, -0.1) is 11.3 Å². The number of hydrogen-bond donors (Lipinski definition) is 0. The van der Waals surface area contributed by atoms with Crippen molar-refractivity contribution in [2.24, 2.45) is 0 Å². The summed E-state index contributed by atoms with van der Waals surface area (Å²) in [4.78, 5) is 20.8. The van der Waals surface area contributed by atoms with E-state index in [2.05, 4.69) is 0 Å². The van der Waals surface area contributed by atoms with Gasteiger partial charge in [-0.2, -0.15) is 0 Å². The molecular weight excluding hydrogens is 340 g/mol. The maximum Gasteiger partial charge on any atom is 0.267 e. The zero-order valence-corrected chi connectivity index (χ0v) is 15.1. The van der Waals surface area contributed by atoms with Gasteiger partial charge in [0.05, 0.1) is 11.1 Å². The molecule has 0 radical (unpaired) electrons. The van der Waals surface area contributed by atoms with Crippen molar-refractivity contribution in [3.63, 3.8) is 0 Å². The van der Waals surface area contributed by atoms with Gasteiger partial charge >= 0.3 is 0 Å². The summed E-state index contributed by atoms with van der Waals surface area (Å²) in [6.07, 6.45) is 4.43. The fourth-order valence-corrected chi connectivity index (χ4v) is 5.05. The van der Waals surface area contributed by atoms with Crippen LogP contribution in [-0.4, -0.2) is 9.55 Å². The largest absolute Gasteiger partial charge is 0.268 e. The Balaban J connectivity index is 1.90. The Morgan fingerprint density at radius 2 is 1.58 bits per heavy atom. The predicted octanol–water partition coefficient (Wildman–Crippen LogP) is 4.99. The third kappa shape index (κ3) is 2.41. The van der Waals surface area contributed by atoms with Gasteiger partial charge in [-0.05, 0) is 43.4 Å². The third-order valence-corrected chi connectivity index (χ3v) is 6.22. The number of benzene rings is 2. The lowest BCUT2D eigenvalue weighted by Gasteiger charge is -2.14. The zero-order chi connectivity index (χ0) is 17.5. The van der Waals surface area contributed by atoms with Gasteiger partial charge in [-0.3, -0.25) is 9.36 Å². The van der Waals surface area contributed by atoms with Crippen LogP contribution in [0, 0.1) is 0 Å². The molecule has 128 valence electrons. The molecule has 2 aromatic heterocycles. The van der Waals surface area contributed by atoms with E-state index in [-0.39, 0.29) is 5.56 Å². The van der Waals surface area contributed by atoms with Crippen molar-refractivity contribution in [3.8, 4) is 17.1 Å². The maximum absolute atomic E-state index is 13.6. The Morgan fingerprint density at radius 1 is 0.885 bits per heavy atom. The minimum Gasteiger partial charge on any atom is -0.268 e. The monoisotopic (exact) mass is 358 g/mol. The number of aromatic nitrogens is 2. The van der Waals surface area contributed by atoms with E-state index >= 15 is 0 Å². The molecule has 0 atom stereocenters. The van der Waals surface area contributed by atoms with Gasteiger partial charge in [0.25, 0.3) is 5.56 Å². The number of rotatable bonds is 2. The Labute approximate surface area is 155 Å². The second-order valence-electron chi connectivity index (χ2n) is 6.67. The standard InChI is InChI=1S/C22H18N2OS/c25-22-19-17-13-7-8-14-18(17)26-21(19)23-20(15-9-3-1-4-10-15)24(22)16-11-5-2-6-12-16/h1-6,9-12H,7-8,13-14H2.